The fourth-order valence-corrected chi connectivity index (χ4v) is 2.84. The lowest BCUT2D eigenvalue weighted by molar-refractivity contribution is -0.149. The molecule has 2 N–H and O–H groups in total. The minimum absolute atomic E-state index is 0.0129. The standard InChI is InChI=1S/C26H32N2O7/c1-26(2,3)35-25(32)28-21(24(31)34-18-20-12-8-5-9-13-20)16-22(29)27-15-14-23(30)33-17-19-10-6-4-7-11-19/h4-13,21H,14-18H2,1-3H3,(H,27,29)(H,28,32)/t21-/m0/s1. The summed E-state index contributed by atoms with van der Waals surface area (Å²) in [5.74, 6) is -1.80. The van der Waals surface area contributed by atoms with Crippen molar-refractivity contribution in [3.05, 3.63) is 71.8 Å². The van der Waals surface area contributed by atoms with Crippen molar-refractivity contribution in [1.82, 2.24) is 10.6 Å². The minimum atomic E-state index is -1.27. The van der Waals surface area contributed by atoms with Gasteiger partial charge in [0.2, 0.25) is 5.91 Å². The Balaban J connectivity index is 1.84. The number of carbonyl (C=O) groups excluding carboxylic acids is 4. The number of rotatable bonds is 11. The second-order valence-corrected chi connectivity index (χ2v) is 8.74. The molecule has 0 saturated carbocycles. The molecule has 0 spiro atoms. The predicted molar refractivity (Wildman–Crippen MR) is 128 cm³/mol. The van der Waals surface area contributed by atoms with E-state index in [1.807, 2.05) is 36.4 Å². The average Bonchev–Trinajstić information content (AvgIpc) is 2.81. The Morgan fingerprint density at radius 2 is 1.37 bits per heavy atom. The molecular weight excluding hydrogens is 452 g/mol. The summed E-state index contributed by atoms with van der Waals surface area (Å²) in [6.45, 7) is 5.19. The van der Waals surface area contributed by atoms with Crippen molar-refractivity contribution >= 4 is 23.9 Å². The van der Waals surface area contributed by atoms with E-state index in [9.17, 15) is 19.2 Å². The van der Waals surface area contributed by atoms with Gasteiger partial charge in [-0.05, 0) is 31.9 Å². The van der Waals surface area contributed by atoms with Crippen molar-refractivity contribution in [3.8, 4) is 0 Å². The van der Waals surface area contributed by atoms with Crippen LogP contribution >= 0.6 is 0 Å². The quantitative estimate of drug-likeness (QED) is 0.371. The van der Waals surface area contributed by atoms with Crippen molar-refractivity contribution in [3.63, 3.8) is 0 Å². The van der Waals surface area contributed by atoms with E-state index in [1.165, 1.54) is 0 Å². The summed E-state index contributed by atoms with van der Waals surface area (Å²) < 4.78 is 15.6. The molecule has 2 aromatic rings. The Bertz CT molecular complexity index is 972. The van der Waals surface area contributed by atoms with Gasteiger partial charge in [-0.3, -0.25) is 9.59 Å². The zero-order valence-corrected chi connectivity index (χ0v) is 20.2. The number of ether oxygens (including phenoxy) is 3. The monoisotopic (exact) mass is 484 g/mol. The van der Waals surface area contributed by atoms with Crippen LogP contribution in [0.2, 0.25) is 0 Å². The van der Waals surface area contributed by atoms with E-state index < -0.39 is 35.6 Å². The van der Waals surface area contributed by atoms with Crippen LogP contribution in [0.15, 0.2) is 60.7 Å². The number of amides is 2. The Morgan fingerprint density at radius 1 is 0.829 bits per heavy atom. The van der Waals surface area contributed by atoms with Crippen LogP contribution in [-0.4, -0.2) is 42.1 Å². The first-order valence-corrected chi connectivity index (χ1v) is 11.3. The first kappa shape index (κ1) is 27.4. The van der Waals surface area contributed by atoms with Gasteiger partial charge in [0.25, 0.3) is 0 Å². The van der Waals surface area contributed by atoms with Crippen molar-refractivity contribution in [1.29, 1.82) is 0 Å². The SMILES string of the molecule is CC(C)(C)OC(=O)N[C@@H](CC(=O)NCCC(=O)OCc1ccccc1)C(=O)OCc1ccccc1. The molecule has 0 heterocycles. The van der Waals surface area contributed by atoms with Crippen LogP contribution in [0, 0.1) is 0 Å². The van der Waals surface area contributed by atoms with Gasteiger partial charge in [-0.1, -0.05) is 60.7 Å². The highest BCUT2D eigenvalue weighted by atomic mass is 16.6. The van der Waals surface area contributed by atoms with Crippen LogP contribution < -0.4 is 10.6 Å². The smallest absolute Gasteiger partial charge is 0.408 e. The molecule has 2 aromatic carbocycles. The van der Waals surface area contributed by atoms with E-state index in [0.717, 1.165) is 11.1 Å². The third kappa shape index (κ3) is 11.7. The molecule has 0 aliphatic heterocycles. The van der Waals surface area contributed by atoms with Crippen molar-refractivity contribution in [2.45, 2.75) is 58.5 Å². The fourth-order valence-electron chi connectivity index (χ4n) is 2.84. The van der Waals surface area contributed by atoms with Crippen molar-refractivity contribution < 1.29 is 33.4 Å². The molecule has 2 amide bonds. The van der Waals surface area contributed by atoms with Crippen LogP contribution in [0.3, 0.4) is 0 Å². The van der Waals surface area contributed by atoms with Gasteiger partial charge in [-0.2, -0.15) is 0 Å². The largest absolute Gasteiger partial charge is 0.461 e. The summed E-state index contributed by atoms with van der Waals surface area (Å²) in [4.78, 5) is 49.1. The highest BCUT2D eigenvalue weighted by molar-refractivity contribution is 5.88. The first-order chi connectivity index (χ1) is 16.6. The van der Waals surface area contributed by atoms with Crippen LogP contribution in [0.1, 0.15) is 44.7 Å². The molecule has 0 aliphatic rings. The number of alkyl carbamates (subject to hydrolysis) is 1. The lowest BCUT2D eigenvalue weighted by Gasteiger charge is -2.22. The topological polar surface area (TPSA) is 120 Å². The third-order valence-electron chi connectivity index (χ3n) is 4.48. The molecule has 2 rings (SSSR count). The normalized spacial score (nSPS) is 11.6. The van der Waals surface area contributed by atoms with Gasteiger partial charge in [0.1, 0.15) is 24.9 Å². The fraction of sp³-hybridized carbons (Fsp3) is 0.385. The van der Waals surface area contributed by atoms with Crippen molar-refractivity contribution in [2.24, 2.45) is 0 Å². The zero-order valence-electron chi connectivity index (χ0n) is 20.2. The van der Waals surface area contributed by atoms with Gasteiger partial charge >= 0.3 is 18.0 Å². The van der Waals surface area contributed by atoms with E-state index in [1.54, 1.807) is 45.0 Å². The Hall–Kier alpha value is -3.88. The van der Waals surface area contributed by atoms with Crippen LogP contribution in [-0.2, 0) is 41.8 Å². The Kier molecular flexibility index (Phi) is 10.7. The summed E-state index contributed by atoms with van der Waals surface area (Å²) in [7, 11) is 0. The Labute approximate surface area is 205 Å². The van der Waals surface area contributed by atoms with Crippen LogP contribution in [0.25, 0.3) is 0 Å². The number of nitrogens with one attached hydrogen (secondary N) is 2. The highest BCUT2D eigenvalue weighted by Crippen LogP contribution is 2.09. The summed E-state index contributed by atoms with van der Waals surface area (Å²) in [6.07, 6.45) is -1.27. The highest BCUT2D eigenvalue weighted by Gasteiger charge is 2.28. The molecule has 35 heavy (non-hydrogen) atoms. The summed E-state index contributed by atoms with van der Waals surface area (Å²) in [5.41, 5.74) is 0.829. The van der Waals surface area contributed by atoms with E-state index in [-0.39, 0.29) is 32.6 Å². The van der Waals surface area contributed by atoms with Gasteiger partial charge in [0.15, 0.2) is 0 Å². The van der Waals surface area contributed by atoms with Crippen molar-refractivity contribution in [2.75, 3.05) is 6.54 Å². The molecule has 1 atom stereocenters. The van der Waals surface area contributed by atoms with Gasteiger partial charge in [0.05, 0.1) is 12.8 Å². The molecule has 9 heteroatoms. The first-order valence-electron chi connectivity index (χ1n) is 11.3. The molecule has 0 saturated heterocycles. The number of esters is 2. The molecule has 0 aliphatic carbocycles. The molecule has 0 unspecified atom stereocenters. The van der Waals surface area contributed by atoms with E-state index in [0.29, 0.717) is 0 Å². The number of hydrogen-bond donors (Lipinski definition) is 2. The predicted octanol–water partition coefficient (Wildman–Crippen LogP) is 3.26. The summed E-state index contributed by atoms with van der Waals surface area (Å²) in [6, 6.07) is 17.0. The summed E-state index contributed by atoms with van der Waals surface area (Å²) >= 11 is 0. The van der Waals surface area contributed by atoms with Gasteiger partial charge < -0.3 is 24.8 Å². The molecule has 0 aromatic heterocycles. The average molecular weight is 485 g/mol. The molecule has 0 bridgehead atoms. The number of carbonyl (C=O) groups is 4. The lowest BCUT2D eigenvalue weighted by Crippen LogP contribution is -2.46. The van der Waals surface area contributed by atoms with Gasteiger partial charge in [0, 0.05) is 6.54 Å². The molecule has 0 radical (unpaired) electrons. The maximum atomic E-state index is 12.6. The van der Waals surface area contributed by atoms with E-state index in [2.05, 4.69) is 10.6 Å². The second-order valence-electron chi connectivity index (χ2n) is 8.74. The van der Waals surface area contributed by atoms with Crippen LogP contribution in [0.4, 0.5) is 4.79 Å². The van der Waals surface area contributed by atoms with Gasteiger partial charge in [-0.15, -0.1) is 0 Å². The second kappa shape index (κ2) is 13.7. The minimum Gasteiger partial charge on any atom is -0.461 e. The molecule has 0 fully saturated rings. The molecule has 188 valence electrons. The van der Waals surface area contributed by atoms with Crippen LogP contribution in [0.5, 0.6) is 0 Å². The Morgan fingerprint density at radius 3 is 1.91 bits per heavy atom. The third-order valence-corrected chi connectivity index (χ3v) is 4.48. The summed E-state index contributed by atoms with van der Waals surface area (Å²) in [5, 5.41) is 4.94. The van der Waals surface area contributed by atoms with E-state index in [4.69, 9.17) is 14.2 Å². The molecular formula is C26H32N2O7. The van der Waals surface area contributed by atoms with E-state index >= 15 is 0 Å². The maximum Gasteiger partial charge on any atom is 0.408 e. The number of hydrogen-bond acceptors (Lipinski definition) is 7. The molecule has 9 nitrogen and oxygen atoms in total. The van der Waals surface area contributed by atoms with Gasteiger partial charge in [-0.25, -0.2) is 9.59 Å². The lowest BCUT2D eigenvalue weighted by atomic mass is 10.2. The maximum absolute atomic E-state index is 12.6. The zero-order chi connectivity index (χ0) is 25.7. The number of benzene rings is 2.